The maximum absolute atomic E-state index is 13.9. The number of ether oxygens (including phenoxy) is 4. The fourth-order valence-corrected chi connectivity index (χ4v) is 6.71. The summed E-state index contributed by atoms with van der Waals surface area (Å²) in [6.45, 7) is -1.53. The van der Waals surface area contributed by atoms with Crippen LogP contribution in [0, 0.1) is 11.8 Å². The predicted octanol–water partition coefficient (Wildman–Crippen LogP) is 3.06. The zero-order chi connectivity index (χ0) is 33.3. The molecule has 2 heterocycles. The quantitative estimate of drug-likeness (QED) is 0.270. The Morgan fingerprint density at radius 2 is 1.79 bits per heavy atom. The third-order valence-corrected chi connectivity index (χ3v) is 9.13. The topological polar surface area (TPSA) is 141 Å². The lowest BCUT2D eigenvalue weighted by molar-refractivity contribution is -0.209. The number of nitrogens with one attached hydrogen (secondary N) is 1. The summed E-state index contributed by atoms with van der Waals surface area (Å²) >= 11 is 0. The summed E-state index contributed by atoms with van der Waals surface area (Å²) in [5.74, 6) is -3.16. The van der Waals surface area contributed by atoms with Gasteiger partial charge in [-0.1, -0.05) is 18.2 Å². The summed E-state index contributed by atoms with van der Waals surface area (Å²) in [5, 5.41) is 11.8. The van der Waals surface area contributed by atoms with Crippen LogP contribution < -0.4 is 5.32 Å². The van der Waals surface area contributed by atoms with E-state index < -0.39 is 54.9 Å². The fraction of sp³-hybridized carbons (Fsp3) is 0.576. The number of hydrogen-bond donors (Lipinski definition) is 2. The molecule has 1 aromatic rings. The lowest BCUT2D eigenvalue weighted by Gasteiger charge is -2.33. The van der Waals surface area contributed by atoms with Gasteiger partial charge in [-0.15, -0.1) is 0 Å². The molecule has 2 saturated carbocycles. The second-order valence-corrected chi connectivity index (χ2v) is 12.6. The number of fused-ring (bicyclic) bond motifs is 1. The van der Waals surface area contributed by atoms with Crippen molar-refractivity contribution < 1.29 is 56.4 Å². The number of aliphatic hydroxyl groups excluding tert-OH is 1. The molecule has 47 heavy (non-hydrogen) atoms. The van der Waals surface area contributed by atoms with Gasteiger partial charge in [-0.05, 0) is 62.3 Å². The van der Waals surface area contributed by atoms with E-state index in [4.69, 9.17) is 19.3 Å². The van der Waals surface area contributed by atoms with Crippen LogP contribution in [-0.4, -0.2) is 96.4 Å². The second kappa shape index (κ2) is 13.4. The van der Waals surface area contributed by atoms with Gasteiger partial charge in [-0.25, -0.2) is 9.59 Å². The van der Waals surface area contributed by atoms with Crippen molar-refractivity contribution in [3.8, 4) is 0 Å². The van der Waals surface area contributed by atoms with Crippen LogP contribution in [0.25, 0.3) is 6.08 Å². The molecule has 14 heteroatoms. The second-order valence-electron chi connectivity index (χ2n) is 12.6. The smallest absolute Gasteiger partial charge is 0.422 e. The van der Waals surface area contributed by atoms with Gasteiger partial charge in [0.1, 0.15) is 24.4 Å². The summed E-state index contributed by atoms with van der Waals surface area (Å²) in [5.41, 5.74) is 0.585. The molecule has 0 radical (unpaired) electrons. The third kappa shape index (κ3) is 7.39. The highest BCUT2D eigenvalue weighted by Gasteiger charge is 2.64. The number of benzene rings is 1. The predicted molar refractivity (Wildman–Crippen MR) is 157 cm³/mol. The van der Waals surface area contributed by atoms with Crippen LogP contribution in [-0.2, 0) is 33.3 Å². The molecular formula is C33H37F3N2O9. The summed E-state index contributed by atoms with van der Waals surface area (Å²) < 4.78 is 60.8. The number of likely N-dealkylation sites (tertiary alicyclic amines) is 1. The van der Waals surface area contributed by atoms with Crippen molar-refractivity contribution in [1.29, 1.82) is 0 Å². The summed E-state index contributed by atoms with van der Waals surface area (Å²) in [6.07, 6.45) is 1.59. The van der Waals surface area contributed by atoms with Crippen molar-refractivity contribution in [2.45, 2.75) is 81.3 Å². The first kappa shape index (κ1) is 33.2. The Morgan fingerprint density at radius 1 is 1.06 bits per heavy atom. The number of carbonyl (C=O) groups is 4. The molecule has 254 valence electrons. The van der Waals surface area contributed by atoms with Crippen molar-refractivity contribution in [1.82, 2.24) is 10.2 Å². The van der Waals surface area contributed by atoms with Gasteiger partial charge in [0.05, 0.1) is 12.2 Å². The molecule has 1 aromatic carbocycles. The van der Waals surface area contributed by atoms with Crippen LogP contribution in [0.3, 0.4) is 0 Å². The monoisotopic (exact) mass is 662 g/mol. The van der Waals surface area contributed by atoms with E-state index >= 15 is 0 Å². The van der Waals surface area contributed by atoms with Crippen LogP contribution in [0.2, 0.25) is 0 Å². The molecule has 11 nitrogen and oxygen atoms in total. The lowest BCUT2D eigenvalue weighted by atomic mass is 9.91. The van der Waals surface area contributed by atoms with Crippen LogP contribution in [0.5, 0.6) is 0 Å². The Morgan fingerprint density at radius 3 is 2.47 bits per heavy atom. The molecule has 3 aliphatic carbocycles. The zero-order valence-electron chi connectivity index (χ0n) is 25.6. The number of amides is 2. The van der Waals surface area contributed by atoms with E-state index in [1.54, 1.807) is 18.2 Å². The van der Waals surface area contributed by atoms with E-state index in [1.807, 2.05) is 0 Å². The number of hydrogen-bond acceptors (Lipinski definition) is 9. The molecular weight excluding hydrogens is 625 g/mol. The molecule has 2 N–H and O–H groups in total. The number of rotatable bonds is 11. The summed E-state index contributed by atoms with van der Waals surface area (Å²) in [6, 6.07) is 5.41. The minimum Gasteiger partial charge on any atom is -0.456 e. The highest BCUT2D eigenvalue weighted by atomic mass is 19.4. The Labute approximate surface area is 269 Å². The van der Waals surface area contributed by atoms with Crippen LogP contribution in [0.4, 0.5) is 13.2 Å². The standard InChI is InChI=1S/C33H37F3N2O9/c34-32(35,36)18-44-27(40)12-7-19-4-1-2-5-23(19)31(43)45-25-16-20(30(42)38-14-3-6-24(38)29(41)37-13-15-39)17-26-28(25)47-33(46-26,21-8-9-21)22-10-11-22/h1-2,4-5,7,12,17,21-22,24-26,28,39H,3,6,8-11,13-16,18H2,(H,37,41)/t24-,25-,26-,28+/m1/s1. The van der Waals surface area contributed by atoms with E-state index in [1.165, 1.54) is 23.1 Å². The molecule has 2 amide bonds. The van der Waals surface area contributed by atoms with Gasteiger partial charge in [-0.2, -0.15) is 13.2 Å². The molecule has 4 fully saturated rings. The summed E-state index contributed by atoms with van der Waals surface area (Å²) in [7, 11) is 0. The van der Waals surface area contributed by atoms with Gasteiger partial charge in [-0.3, -0.25) is 9.59 Å². The minimum absolute atomic E-state index is 0.00374. The number of halogens is 3. The number of carbonyl (C=O) groups excluding carboxylic acids is 4. The zero-order valence-corrected chi connectivity index (χ0v) is 25.6. The Balaban J connectivity index is 1.23. The van der Waals surface area contributed by atoms with E-state index in [0.717, 1.165) is 31.8 Å². The first-order valence-corrected chi connectivity index (χ1v) is 16.0. The lowest BCUT2D eigenvalue weighted by Crippen LogP contribution is -2.49. The van der Waals surface area contributed by atoms with Crippen molar-refractivity contribution in [3.63, 3.8) is 0 Å². The number of esters is 2. The van der Waals surface area contributed by atoms with Gasteiger partial charge in [0, 0.05) is 43.0 Å². The molecule has 6 rings (SSSR count). The van der Waals surface area contributed by atoms with Crippen molar-refractivity contribution in [2.24, 2.45) is 11.8 Å². The molecule has 2 aliphatic heterocycles. The molecule has 0 spiro atoms. The first-order chi connectivity index (χ1) is 22.5. The molecule has 0 unspecified atom stereocenters. The van der Waals surface area contributed by atoms with E-state index in [-0.39, 0.29) is 54.3 Å². The molecule has 4 atom stereocenters. The average Bonchev–Trinajstić information content (AvgIpc) is 3.99. The van der Waals surface area contributed by atoms with E-state index in [0.29, 0.717) is 25.0 Å². The van der Waals surface area contributed by atoms with Crippen molar-refractivity contribution in [3.05, 3.63) is 53.1 Å². The SMILES string of the molecule is O=C(C=Cc1ccccc1C(=O)O[C@@H]1CC(C(=O)N2CCC[C@@H]2C(=O)NCCO)=C[C@H]2OC(C3CC3)(C3CC3)O[C@H]21)OCC(F)(F)F. The van der Waals surface area contributed by atoms with Crippen LogP contribution in [0.1, 0.15) is 60.9 Å². The molecule has 5 aliphatic rings. The van der Waals surface area contributed by atoms with Gasteiger partial charge >= 0.3 is 18.1 Å². The molecule has 0 bridgehead atoms. The Kier molecular flexibility index (Phi) is 9.45. The number of nitrogens with zero attached hydrogens (tertiary/aromatic N) is 1. The van der Waals surface area contributed by atoms with E-state index in [2.05, 4.69) is 10.1 Å². The number of aliphatic hydroxyl groups is 1. The van der Waals surface area contributed by atoms with Gasteiger partial charge in [0.15, 0.2) is 12.4 Å². The largest absolute Gasteiger partial charge is 0.456 e. The third-order valence-electron chi connectivity index (χ3n) is 9.13. The maximum Gasteiger partial charge on any atom is 0.422 e. The highest BCUT2D eigenvalue weighted by molar-refractivity contribution is 5.98. The Hall–Kier alpha value is -3.75. The van der Waals surface area contributed by atoms with Crippen LogP contribution >= 0.6 is 0 Å². The van der Waals surface area contributed by atoms with Crippen molar-refractivity contribution >= 4 is 29.8 Å². The highest BCUT2D eigenvalue weighted by Crippen LogP contribution is 2.59. The van der Waals surface area contributed by atoms with Gasteiger partial charge in [0.25, 0.3) is 0 Å². The molecule has 0 aromatic heterocycles. The van der Waals surface area contributed by atoms with Gasteiger partial charge < -0.3 is 34.3 Å². The summed E-state index contributed by atoms with van der Waals surface area (Å²) in [4.78, 5) is 53.7. The minimum atomic E-state index is -4.68. The normalized spacial score (nSPS) is 26.9. The Bertz CT molecular complexity index is 1440. The first-order valence-electron chi connectivity index (χ1n) is 16.0. The average molecular weight is 663 g/mol. The molecule has 2 saturated heterocycles. The van der Waals surface area contributed by atoms with Crippen molar-refractivity contribution in [2.75, 3.05) is 26.3 Å². The maximum atomic E-state index is 13.9. The van der Waals surface area contributed by atoms with E-state index in [9.17, 15) is 32.3 Å². The fourth-order valence-electron chi connectivity index (χ4n) is 6.71. The van der Waals surface area contributed by atoms with Crippen LogP contribution in [0.15, 0.2) is 42.0 Å². The van der Waals surface area contributed by atoms with Gasteiger partial charge in [0.2, 0.25) is 11.8 Å². The number of alkyl halides is 3.